The van der Waals surface area contributed by atoms with Crippen LogP contribution in [0.2, 0.25) is 0 Å². The van der Waals surface area contributed by atoms with Gasteiger partial charge in [0, 0.05) is 0 Å². The van der Waals surface area contributed by atoms with Gasteiger partial charge in [0.25, 0.3) is 0 Å². The zero-order valence-corrected chi connectivity index (χ0v) is 10.5. The zero-order valence-electron chi connectivity index (χ0n) is 10.5. The van der Waals surface area contributed by atoms with Gasteiger partial charge in [0.15, 0.2) is 0 Å². The molecule has 8 heteroatoms. The van der Waals surface area contributed by atoms with Crippen LogP contribution in [0.15, 0.2) is 24.3 Å². The summed E-state index contributed by atoms with van der Waals surface area (Å²) in [5.41, 5.74) is 5.66. The van der Waals surface area contributed by atoms with Crippen LogP contribution in [-0.2, 0) is 9.53 Å². The Bertz CT molecular complexity index is 447. The molecule has 0 aliphatic carbocycles. The van der Waals surface area contributed by atoms with Crippen molar-refractivity contribution in [2.45, 2.75) is 25.5 Å². The first-order chi connectivity index (χ1) is 9.24. The number of halogens is 4. The van der Waals surface area contributed by atoms with Crippen molar-refractivity contribution in [2.24, 2.45) is 5.73 Å². The van der Waals surface area contributed by atoms with Crippen molar-refractivity contribution >= 4 is 5.97 Å². The summed E-state index contributed by atoms with van der Waals surface area (Å²) in [6.07, 6.45) is -6.90. The summed E-state index contributed by atoms with van der Waals surface area (Å²) in [7, 11) is 0. The Morgan fingerprint density at radius 3 is 2.30 bits per heavy atom. The molecule has 1 aromatic rings. The van der Waals surface area contributed by atoms with Gasteiger partial charge in [-0.1, -0.05) is 12.1 Å². The molecule has 0 fully saturated rings. The normalized spacial score (nSPS) is 14.5. The summed E-state index contributed by atoms with van der Waals surface area (Å²) in [6.45, 7) is 1.52. The molecule has 4 nitrogen and oxygen atoms in total. The lowest BCUT2D eigenvalue weighted by molar-refractivity contribution is -0.274. The van der Waals surface area contributed by atoms with E-state index < -0.39 is 30.3 Å². The van der Waals surface area contributed by atoms with Crippen molar-refractivity contribution in [3.63, 3.8) is 0 Å². The third-order valence-electron chi connectivity index (χ3n) is 2.33. The van der Waals surface area contributed by atoms with E-state index in [0.717, 1.165) is 24.3 Å². The van der Waals surface area contributed by atoms with Crippen molar-refractivity contribution in [1.29, 1.82) is 0 Å². The van der Waals surface area contributed by atoms with Gasteiger partial charge in [-0.25, -0.2) is 9.18 Å². The molecule has 20 heavy (non-hydrogen) atoms. The van der Waals surface area contributed by atoms with Crippen molar-refractivity contribution in [3.05, 3.63) is 29.8 Å². The molecule has 0 aromatic heterocycles. The smallest absolute Gasteiger partial charge is 0.464 e. The fourth-order valence-corrected chi connectivity index (χ4v) is 1.43. The lowest BCUT2D eigenvalue weighted by Crippen LogP contribution is -2.31. The summed E-state index contributed by atoms with van der Waals surface area (Å²) < 4.78 is 57.6. The second-order valence-corrected chi connectivity index (χ2v) is 3.80. The fourth-order valence-electron chi connectivity index (χ4n) is 1.43. The van der Waals surface area contributed by atoms with Gasteiger partial charge in [-0.2, -0.15) is 0 Å². The van der Waals surface area contributed by atoms with Gasteiger partial charge in [-0.05, 0) is 24.6 Å². The SMILES string of the molecule is CCOC(=O)C(F)[C@@H](N)c1ccc(OC(F)(F)F)cc1. The molecule has 2 N–H and O–H groups in total. The topological polar surface area (TPSA) is 61.5 Å². The van der Waals surface area contributed by atoms with Gasteiger partial charge < -0.3 is 15.2 Å². The van der Waals surface area contributed by atoms with Gasteiger partial charge in [-0.3, -0.25) is 0 Å². The van der Waals surface area contributed by atoms with E-state index in [-0.39, 0.29) is 12.2 Å². The molecule has 0 radical (unpaired) electrons. The van der Waals surface area contributed by atoms with Gasteiger partial charge in [-0.15, -0.1) is 13.2 Å². The number of esters is 1. The van der Waals surface area contributed by atoms with E-state index in [4.69, 9.17) is 5.73 Å². The molecule has 0 aliphatic rings. The summed E-state index contributed by atoms with van der Waals surface area (Å²) in [6, 6.07) is 2.95. The molecule has 0 heterocycles. The largest absolute Gasteiger partial charge is 0.573 e. The maximum Gasteiger partial charge on any atom is 0.573 e. The van der Waals surface area contributed by atoms with Crippen LogP contribution < -0.4 is 10.5 Å². The number of carbonyl (C=O) groups is 1. The Balaban J connectivity index is 2.75. The van der Waals surface area contributed by atoms with Gasteiger partial charge >= 0.3 is 12.3 Å². The van der Waals surface area contributed by atoms with Crippen molar-refractivity contribution in [3.8, 4) is 5.75 Å². The number of hydrogen-bond donors (Lipinski definition) is 1. The first-order valence-corrected chi connectivity index (χ1v) is 5.66. The van der Waals surface area contributed by atoms with E-state index in [1.54, 1.807) is 0 Å². The standard InChI is InChI=1S/C12H13F4NO3/c1-2-19-11(18)9(13)10(17)7-3-5-8(6-4-7)20-12(14,15)16/h3-6,9-10H,2,17H2,1H3/t9?,10-/m0/s1. The average molecular weight is 295 g/mol. The highest BCUT2D eigenvalue weighted by Gasteiger charge is 2.31. The van der Waals surface area contributed by atoms with Gasteiger partial charge in [0.2, 0.25) is 6.17 Å². The van der Waals surface area contributed by atoms with Crippen molar-refractivity contribution < 1.29 is 31.8 Å². The third kappa shape index (κ3) is 4.69. The fraction of sp³-hybridized carbons (Fsp3) is 0.417. The summed E-state index contributed by atoms with van der Waals surface area (Å²) in [5.74, 6) is -1.57. The van der Waals surface area contributed by atoms with Gasteiger partial charge in [0.1, 0.15) is 5.75 Å². The number of benzene rings is 1. The molecule has 0 saturated carbocycles. The number of carbonyl (C=O) groups excluding carboxylic acids is 1. The Kier molecular flexibility index (Phi) is 5.32. The first kappa shape index (κ1) is 16.2. The van der Waals surface area contributed by atoms with Crippen LogP contribution in [-0.4, -0.2) is 25.1 Å². The molecule has 1 rings (SSSR count). The minimum Gasteiger partial charge on any atom is -0.464 e. The van der Waals surface area contributed by atoms with Crippen LogP contribution in [0.4, 0.5) is 17.6 Å². The van der Waals surface area contributed by atoms with Crippen LogP contribution in [0, 0.1) is 0 Å². The molecule has 0 saturated heterocycles. The molecule has 1 aromatic carbocycles. The number of ether oxygens (including phenoxy) is 2. The molecule has 2 atom stereocenters. The zero-order chi connectivity index (χ0) is 15.3. The third-order valence-corrected chi connectivity index (χ3v) is 2.33. The maximum absolute atomic E-state index is 13.6. The molecule has 0 aliphatic heterocycles. The van der Waals surface area contributed by atoms with E-state index in [1.165, 1.54) is 6.92 Å². The minimum absolute atomic E-state index is 0.00430. The van der Waals surface area contributed by atoms with Crippen molar-refractivity contribution in [1.82, 2.24) is 0 Å². The maximum atomic E-state index is 13.6. The first-order valence-electron chi connectivity index (χ1n) is 5.66. The Morgan fingerprint density at radius 1 is 1.30 bits per heavy atom. The van der Waals surface area contributed by atoms with Crippen molar-refractivity contribution in [2.75, 3.05) is 6.61 Å². The van der Waals surface area contributed by atoms with Crippen LogP contribution in [0.3, 0.4) is 0 Å². The molecule has 0 amide bonds. The molecule has 0 spiro atoms. The quantitative estimate of drug-likeness (QED) is 0.669. The van der Waals surface area contributed by atoms with Crippen LogP contribution >= 0.6 is 0 Å². The molecular formula is C12H13F4NO3. The average Bonchev–Trinajstić information content (AvgIpc) is 2.36. The van der Waals surface area contributed by atoms with E-state index in [1.807, 2.05) is 0 Å². The number of nitrogens with two attached hydrogens (primary N) is 1. The molecule has 0 bridgehead atoms. The number of hydrogen-bond acceptors (Lipinski definition) is 4. The molecule has 1 unspecified atom stereocenters. The summed E-state index contributed by atoms with van der Waals surface area (Å²) in [5, 5.41) is 0. The second kappa shape index (κ2) is 6.56. The van der Waals surface area contributed by atoms with Crippen LogP contribution in [0.1, 0.15) is 18.5 Å². The Morgan fingerprint density at radius 2 is 1.85 bits per heavy atom. The Hall–Kier alpha value is -1.83. The van der Waals surface area contributed by atoms with E-state index in [2.05, 4.69) is 9.47 Å². The van der Waals surface area contributed by atoms with E-state index in [0.29, 0.717) is 0 Å². The van der Waals surface area contributed by atoms with Crippen LogP contribution in [0.5, 0.6) is 5.75 Å². The Labute approximate surface area is 112 Å². The molecular weight excluding hydrogens is 282 g/mol. The summed E-state index contributed by atoms with van der Waals surface area (Å²) in [4.78, 5) is 11.2. The second-order valence-electron chi connectivity index (χ2n) is 3.80. The van der Waals surface area contributed by atoms with E-state index in [9.17, 15) is 22.4 Å². The van der Waals surface area contributed by atoms with Crippen LogP contribution in [0.25, 0.3) is 0 Å². The highest BCUT2D eigenvalue weighted by atomic mass is 19.4. The van der Waals surface area contributed by atoms with Gasteiger partial charge in [0.05, 0.1) is 12.6 Å². The number of rotatable bonds is 5. The highest BCUT2D eigenvalue weighted by Crippen LogP contribution is 2.25. The monoisotopic (exact) mass is 295 g/mol. The highest BCUT2D eigenvalue weighted by molar-refractivity contribution is 5.75. The lowest BCUT2D eigenvalue weighted by Gasteiger charge is -2.16. The number of alkyl halides is 4. The molecule has 112 valence electrons. The minimum atomic E-state index is -4.81. The predicted molar refractivity (Wildman–Crippen MR) is 61.6 cm³/mol. The predicted octanol–water partition coefficient (Wildman–Crippen LogP) is 2.49. The summed E-state index contributed by atoms with van der Waals surface area (Å²) >= 11 is 0. The lowest BCUT2D eigenvalue weighted by atomic mass is 10.0. The van der Waals surface area contributed by atoms with E-state index >= 15 is 0 Å².